The van der Waals surface area contributed by atoms with Gasteiger partial charge in [0.15, 0.2) is 5.54 Å². The lowest BCUT2D eigenvalue weighted by atomic mass is 9.98. The van der Waals surface area contributed by atoms with E-state index in [0.29, 0.717) is 17.7 Å². The lowest BCUT2D eigenvalue weighted by molar-refractivity contribution is -0.160. The van der Waals surface area contributed by atoms with Crippen molar-refractivity contribution in [3.8, 4) is 0 Å². The van der Waals surface area contributed by atoms with E-state index in [9.17, 15) is 9.59 Å². The van der Waals surface area contributed by atoms with Gasteiger partial charge in [0, 0.05) is 17.2 Å². The van der Waals surface area contributed by atoms with E-state index in [1.165, 1.54) is 10.7 Å². The van der Waals surface area contributed by atoms with Gasteiger partial charge in [0.1, 0.15) is 5.60 Å². The van der Waals surface area contributed by atoms with Gasteiger partial charge in [-0.3, -0.25) is 4.79 Å². The molecule has 1 fully saturated rings. The molecule has 1 N–H and O–H groups in total. The minimum atomic E-state index is -0.824. The van der Waals surface area contributed by atoms with Crippen molar-refractivity contribution in [2.75, 3.05) is 5.43 Å². The van der Waals surface area contributed by atoms with E-state index in [4.69, 9.17) is 4.74 Å². The summed E-state index contributed by atoms with van der Waals surface area (Å²) in [6, 6.07) is 3.11. The number of esters is 1. The van der Waals surface area contributed by atoms with Crippen LogP contribution in [0.1, 0.15) is 46.5 Å². The number of hydrogen-bond donors (Lipinski definition) is 2. The average molecular weight is 310 g/mol. The zero-order valence-electron chi connectivity index (χ0n) is 12.7. The molecule has 1 aromatic rings. The maximum absolute atomic E-state index is 12.6. The number of thiol groups is 1. The standard InChI is InChI=1S/C15H22N2O3S/c1-14(2,3)20-13(19)15(7-4-5-8-15)16-17-9-6-11(21)10-12(17)18/h6,9-10,16,21H,4-5,7-8H2,1-3H3. The maximum Gasteiger partial charge on any atom is 0.333 e. The van der Waals surface area contributed by atoms with Crippen LogP contribution in [-0.4, -0.2) is 21.8 Å². The summed E-state index contributed by atoms with van der Waals surface area (Å²) in [7, 11) is 0. The Morgan fingerprint density at radius 2 is 2.00 bits per heavy atom. The van der Waals surface area contributed by atoms with Gasteiger partial charge in [-0.15, -0.1) is 12.6 Å². The number of carbonyl (C=O) groups excluding carboxylic acids is 1. The quantitative estimate of drug-likeness (QED) is 0.664. The zero-order chi connectivity index (χ0) is 15.7. The minimum absolute atomic E-state index is 0.239. The van der Waals surface area contributed by atoms with Crippen molar-refractivity contribution in [2.24, 2.45) is 0 Å². The van der Waals surface area contributed by atoms with Crippen LogP contribution in [0.25, 0.3) is 0 Å². The minimum Gasteiger partial charge on any atom is -0.458 e. The fourth-order valence-electron chi connectivity index (χ4n) is 2.51. The summed E-state index contributed by atoms with van der Waals surface area (Å²) >= 11 is 4.14. The van der Waals surface area contributed by atoms with Crippen LogP contribution in [0, 0.1) is 0 Å². The predicted octanol–water partition coefficient (Wildman–Crippen LogP) is 2.33. The van der Waals surface area contributed by atoms with Crippen LogP contribution in [0.3, 0.4) is 0 Å². The van der Waals surface area contributed by atoms with Gasteiger partial charge in [-0.2, -0.15) is 0 Å². The van der Waals surface area contributed by atoms with Gasteiger partial charge in [-0.1, -0.05) is 12.8 Å². The molecule has 21 heavy (non-hydrogen) atoms. The van der Waals surface area contributed by atoms with Crippen molar-refractivity contribution in [3.05, 3.63) is 28.7 Å². The predicted molar refractivity (Wildman–Crippen MR) is 84.4 cm³/mol. The zero-order valence-corrected chi connectivity index (χ0v) is 13.6. The molecule has 116 valence electrons. The highest BCUT2D eigenvalue weighted by Crippen LogP contribution is 2.33. The van der Waals surface area contributed by atoms with E-state index in [1.54, 1.807) is 12.3 Å². The molecule has 0 saturated heterocycles. The molecular weight excluding hydrogens is 288 g/mol. The number of rotatable bonds is 3. The molecular formula is C15H22N2O3S. The Morgan fingerprint density at radius 3 is 2.52 bits per heavy atom. The number of pyridine rings is 1. The fourth-order valence-corrected chi connectivity index (χ4v) is 2.68. The molecule has 0 radical (unpaired) electrons. The molecule has 0 atom stereocenters. The summed E-state index contributed by atoms with van der Waals surface area (Å²) in [5, 5.41) is 0. The number of carbonyl (C=O) groups is 1. The third-order valence-corrected chi connectivity index (χ3v) is 3.76. The molecule has 0 aliphatic heterocycles. The van der Waals surface area contributed by atoms with Gasteiger partial charge in [-0.05, 0) is 39.7 Å². The summed E-state index contributed by atoms with van der Waals surface area (Å²) < 4.78 is 6.87. The molecule has 1 heterocycles. The van der Waals surface area contributed by atoms with E-state index < -0.39 is 11.1 Å². The summed E-state index contributed by atoms with van der Waals surface area (Å²) in [5.74, 6) is -0.297. The van der Waals surface area contributed by atoms with Crippen molar-refractivity contribution in [3.63, 3.8) is 0 Å². The van der Waals surface area contributed by atoms with Crippen LogP contribution in [0.4, 0.5) is 0 Å². The summed E-state index contributed by atoms with van der Waals surface area (Å²) in [6.07, 6.45) is 4.79. The van der Waals surface area contributed by atoms with Gasteiger partial charge in [0.25, 0.3) is 5.56 Å². The van der Waals surface area contributed by atoms with E-state index in [-0.39, 0.29) is 11.5 Å². The highest BCUT2D eigenvalue weighted by Gasteiger charge is 2.44. The molecule has 0 unspecified atom stereocenters. The van der Waals surface area contributed by atoms with Crippen molar-refractivity contribution >= 4 is 18.6 Å². The molecule has 1 aliphatic carbocycles. The van der Waals surface area contributed by atoms with Gasteiger partial charge in [0.05, 0.1) is 0 Å². The van der Waals surface area contributed by atoms with Crippen LogP contribution in [0.15, 0.2) is 28.0 Å². The number of ether oxygens (including phenoxy) is 1. The second-order valence-electron chi connectivity index (χ2n) is 6.50. The van der Waals surface area contributed by atoms with Crippen molar-refractivity contribution in [1.29, 1.82) is 0 Å². The van der Waals surface area contributed by atoms with E-state index >= 15 is 0 Å². The number of hydrogen-bond acceptors (Lipinski definition) is 5. The molecule has 1 aromatic heterocycles. The molecule has 2 rings (SSSR count). The lowest BCUT2D eigenvalue weighted by Gasteiger charge is -2.32. The van der Waals surface area contributed by atoms with Crippen molar-refractivity contribution in [1.82, 2.24) is 4.68 Å². The fraction of sp³-hybridized carbons (Fsp3) is 0.600. The van der Waals surface area contributed by atoms with Crippen LogP contribution in [0.2, 0.25) is 0 Å². The number of nitrogens with one attached hydrogen (secondary N) is 1. The molecule has 0 aromatic carbocycles. The van der Waals surface area contributed by atoms with Crippen molar-refractivity contribution < 1.29 is 9.53 Å². The summed E-state index contributed by atoms with van der Waals surface area (Å²) in [5.41, 5.74) is 1.46. The van der Waals surface area contributed by atoms with Crippen LogP contribution >= 0.6 is 12.6 Å². The Labute approximate surface area is 130 Å². The van der Waals surface area contributed by atoms with Gasteiger partial charge >= 0.3 is 5.97 Å². The molecule has 6 heteroatoms. The van der Waals surface area contributed by atoms with Crippen LogP contribution < -0.4 is 11.0 Å². The maximum atomic E-state index is 12.6. The van der Waals surface area contributed by atoms with Gasteiger partial charge in [0.2, 0.25) is 0 Å². The van der Waals surface area contributed by atoms with Crippen LogP contribution in [0.5, 0.6) is 0 Å². The Morgan fingerprint density at radius 1 is 1.38 bits per heavy atom. The van der Waals surface area contributed by atoms with Crippen molar-refractivity contribution in [2.45, 2.75) is 62.5 Å². The monoisotopic (exact) mass is 310 g/mol. The average Bonchev–Trinajstić information content (AvgIpc) is 2.80. The van der Waals surface area contributed by atoms with E-state index in [0.717, 1.165) is 12.8 Å². The Kier molecular flexibility index (Phi) is 4.37. The second-order valence-corrected chi connectivity index (χ2v) is 7.01. The Balaban J connectivity index is 2.26. The molecule has 0 spiro atoms. The number of nitrogens with zero attached hydrogens (tertiary/aromatic N) is 1. The topological polar surface area (TPSA) is 60.3 Å². The van der Waals surface area contributed by atoms with Gasteiger partial charge < -0.3 is 10.2 Å². The Hall–Kier alpha value is -1.43. The molecule has 5 nitrogen and oxygen atoms in total. The van der Waals surface area contributed by atoms with E-state index in [1.807, 2.05) is 20.8 Å². The first kappa shape index (κ1) is 15.9. The first-order chi connectivity index (χ1) is 9.72. The highest BCUT2D eigenvalue weighted by molar-refractivity contribution is 7.80. The smallest absolute Gasteiger partial charge is 0.333 e. The third-order valence-electron chi connectivity index (χ3n) is 3.48. The summed E-state index contributed by atoms with van der Waals surface area (Å²) in [4.78, 5) is 25.1. The molecule has 0 bridgehead atoms. The summed E-state index contributed by atoms with van der Waals surface area (Å²) in [6.45, 7) is 5.53. The molecule has 1 saturated carbocycles. The first-order valence-corrected chi connectivity index (χ1v) is 7.60. The van der Waals surface area contributed by atoms with E-state index in [2.05, 4.69) is 18.1 Å². The number of aromatic nitrogens is 1. The third kappa shape index (κ3) is 3.81. The SMILES string of the molecule is CC(C)(C)OC(=O)C1(Nn2ccc(S)cc2=O)CCCC1. The normalized spacial score (nSPS) is 17.5. The first-order valence-electron chi connectivity index (χ1n) is 7.15. The largest absolute Gasteiger partial charge is 0.458 e. The molecule has 0 amide bonds. The van der Waals surface area contributed by atoms with Gasteiger partial charge in [-0.25, -0.2) is 9.47 Å². The highest BCUT2D eigenvalue weighted by atomic mass is 32.1. The Bertz CT molecular complexity index is 583. The lowest BCUT2D eigenvalue weighted by Crippen LogP contribution is -2.52. The van der Waals surface area contributed by atoms with Crippen LogP contribution in [-0.2, 0) is 9.53 Å². The molecule has 1 aliphatic rings. The second kappa shape index (κ2) is 5.75.